The molecular weight excluding hydrogens is 308 g/mol. The van der Waals surface area contributed by atoms with Gasteiger partial charge in [0.05, 0.1) is 6.61 Å². The summed E-state index contributed by atoms with van der Waals surface area (Å²) in [5.74, 6) is 5.85. The van der Waals surface area contributed by atoms with E-state index in [1.807, 2.05) is 0 Å². The zero-order chi connectivity index (χ0) is 17.4. The summed E-state index contributed by atoms with van der Waals surface area (Å²) in [6, 6.07) is 0. The second-order valence-electron chi connectivity index (χ2n) is 10.5. The van der Waals surface area contributed by atoms with Crippen LogP contribution in [0.1, 0.15) is 52.4 Å². The van der Waals surface area contributed by atoms with Gasteiger partial charge in [-0.3, -0.25) is 0 Å². The Kier molecular flexibility index (Phi) is 3.38. The second-order valence-corrected chi connectivity index (χ2v) is 10.5. The van der Waals surface area contributed by atoms with Crippen LogP contribution in [0.4, 0.5) is 0 Å². The average molecular weight is 341 g/mol. The predicted octanol–water partition coefficient (Wildman–Crippen LogP) is 5.01. The molecule has 0 aromatic heterocycles. The lowest BCUT2D eigenvalue weighted by Gasteiger charge is -2.74. The van der Waals surface area contributed by atoms with E-state index in [9.17, 15) is 4.79 Å². The summed E-state index contributed by atoms with van der Waals surface area (Å²) in [6.45, 7) is 8.90. The Balaban J connectivity index is 1.36. The van der Waals surface area contributed by atoms with Crippen molar-refractivity contribution in [3.8, 4) is 0 Å². The molecule has 0 atom stereocenters. The van der Waals surface area contributed by atoms with Crippen molar-refractivity contribution in [2.24, 2.45) is 52.3 Å². The maximum Gasteiger partial charge on any atom is 0.330 e. The van der Waals surface area contributed by atoms with Crippen LogP contribution in [0.3, 0.4) is 0 Å². The highest BCUT2D eigenvalue weighted by atomic mass is 16.5. The normalized spacial score (nSPS) is 51.6. The summed E-state index contributed by atoms with van der Waals surface area (Å²) in [6.07, 6.45) is 14.5. The SMILES string of the molecule is C=CC12CC3C4CC5(C=CC(=O)OCC(C)C)CC3C(C1)C(C5)C4C2. The molecular formula is C23H32O2. The van der Waals surface area contributed by atoms with Gasteiger partial charge in [-0.05, 0) is 90.8 Å². The number of allylic oxidation sites excluding steroid dienone is 2. The average Bonchev–Trinajstić information content (AvgIpc) is 2.62. The minimum atomic E-state index is -0.140. The molecule has 0 aromatic carbocycles. The summed E-state index contributed by atoms with van der Waals surface area (Å²) in [7, 11) is 0. The van der Waals surface area contributed by atoms with Crippen LogP contribution >= 0.6 is 0 Å². The molecule has 0 heterocycles. The van der Waals surface area contributed by atoms with Crippen molar-refractivity contribution in [1.29, 1.82) is 0 Å². The Morgan fingerprint density at radius 1 is 0.960 bits per heavy atom. The Bertz CT molecular complexity index is 565. The van der Waals surface area contributed by atoms with Crippen molar-refractivity contribution in [2.45, 2.75) is 52.4 Å². The van der Waals surface area contributed by atoms with Crippen LogP contribution in [0.25, 0.3) is 0 Å². The third kappa shape index (κ3) is 2.25. The van der Waals surface area contributed by atoms with E-state index in [-0.39, 0.29) is 5.97 Å². The van der Waals surface area contributed by atoms with Crippen molar-refractivity contribution in [3.63, 3.8) is 0 Å². The topological polar surface area (TPSA) is 26.3 Å². The fourth-order valence-electron chi connectivity index (χ4n) is 8.03. The van der Waals surface area contributed by atoms with Gasteiger partial charge in [-0.25, -0.2) is 4.79 Å². The first-order valence-corrected chi connectivity index (χ1v) is 10.4. The molecule has 0 spiro atoms. The van der Waals surface area contributed by atoms with Crippen molar-refractivity contribution in [1.82, 2.24) is 0 Å². The molecule has 7 aliphatic rings. The van der Waals surface area contributed by atoms with Gasteiger partial charge in [0.2, 0.25) is 0 Å². The number of ether oxygens (including phenoxy) is 1. The van der Waals surface area contributed by atoms with E-state index in [1.165, 1.54) is 38.5 Å². The minimum absolute atomic E-state index is 0.140. The summed E-state index contributed by atoms with van der Waals surface area (Å²) in [5.41, 5.74) is 0.781. The molecule has 2 heteroatoms. The molecule has 7 fully saturated rings. The van der Waals surface area contributed by atoms with Crippen LogP contribution in [-0.2, 0) is 9.53 Å². The smallest absolute Gasteiger partial charge is 0.330 e. The van der Waals surface area contributed by atoms with Gasteiger partial charge >= 0.3 is 5.97 Å². The molecule has 25 heavy (non-hydrogen) atoms. The molecule has 0 unspecified atom stereocenters. The largest absolute Gasteiger partial charge is 0.462 e. The molecule has 0 amide bonds. The first-order chi connectivity index (χ1) is 11.9. The molecule has 0 aromatic rings. The fraction of sp³-hybridized carbons (Fsp3) is 0.783. The van der Waals surface area contributed by atoms with Gasteiger partial charge in [-0.1, -0.05) is 26.0 Å². The number of esters is 1. The Hall–Kier alpha value is -1.05. The molecule has 0 aliphatic heterocycles. The number of hydrogen-bond acceptors (Lipinski definition) is 2. The molecule has 136 valence electrons. The van der Waals surface area contributed by atoms with E-state index in [4.69, 9.17) is 4.74 Å². The molecule has 2 nitrogen and oxygen atoms in total. The van der Waals surface area contributed by atoms with Gasteiger partial charge in [0.1, 0.15) is 0 Å². The molecule has 8 bridgehead atoms. The van der Waals surface area contributed by atoms with Crippen molar-refractivity contribution in [2.75, 3.05) is 6.61 Å². The maximum absolute atomic E-state index is 12.1. The summed E-state index contributed by atoms with van der Waals surface area (Å²) in [4.78, 5) is 12.1. The van der Waals surface area contributed by atoms with Gasteiger partial charge < -0.3 is 4.74 Å². The van der Waals surface area contributed by atoms with E-state index in [2.05, 4.69) is 32.6 Å². The van der Waals surface area contributed by atoms with Gasteiger partial charge in [-0.15, -0.1) is 6.58 Å². The van der Waals surface area contributed by atoms with Crippen LogP contribution in [0.15, 0.2) is 24.8 Å². The van der Waals surface area contributed by atoms with Crippen LogP contribution in [0.5, 0.6) is 0 Å². The van der Waals surface area contributed by atoms with Crippen molar-refractivity contribution < 1.29 is 9.53 Å². The van der Waals surface area contributed by atoms with E-state index < -0.39 is 0 Å². The van der Waals surface area contributed by atoms with Crippen LogP contribution in [0.2, 0.25) is 0 Å². The zero-order valence-electron chi connectivity index (χ0n) is 15.7. The van der Waals surface area contributed by atoms with E-state index >= 15 is 0 Å². The van der Waals surface area contributed by atoms with Crippen LogP contribution in [-0.4, -0.2) is 12.6 Å². The van der Waals surface area contributed by atoms with E-state index in [1.54, 1.807) is 6.08 Å². The first kappa shape index (κ1) is 16.1. The lowest BCUT2D eigenvalue weighted by atomic mass is 9.30. The summed E-state index contributed by atoms with van der Waals surface area (Å²) < 4.78 is 5.36. The Morgan fingerprint density at radius 3 is 1.80 bits per heavy atom. The number of hydrogen-bond donors (Lipinski definition) is 0. The Labute approximate surface area is 152 Å². The molecule has 7 aliphatic carbocycles. The fourth-order valence-corrected chi connectivity index (χ4v) is 8.03. The Morgan fingerprint density at radius 2 is 1.40 bits per heavy atom. The molecule has 7 rings (SSSR count). The third-order valence-corrected chi connectivity index (χ3v) is 8.72. The van der Waals surface area contributed by atoms with Crippen molar-refractivity contribution >= 4 is 5.97 Å². The molecule has 0 saturated heterocycles. The summed E-state index contributed by atoms with van der Waals surface area (Å²) in [5, 5.41) is 0. The molecule has 0 N–H and O–H groups in total. The second kappa shape index (κ2) is 5.24. The standard InChI is InChI=1S/C23H32O2/c1-4-22-7-15-18-10-23(6-5-21(24)25-13-14(2)3)11-19(15)17(9-22)20(12-23)16(18)8-22/h4-6,14-20H,1,7-13H2,2-3H3. The van der Waals surface area contributed by atoms with Gasteiger partial charge in [-0.2, -0.15) is 0 Å². The summed E-state index contributed by atoms with van der Waals surface area (Å²) >= 11 is 0. The van der Waals surface area contributed by atoms with E-state index in [0.717, 1.165) is 35.5 Å². The predicted molar refractivity (Wildman–Crippen MR) is 98.6 cm³/mol. The minimum Gasteiger partial charge on any atom is -0.462 e. The van der Waals surface area contributed by atoms with Crippen LogP contribution in [0, 0.1) is 52.3 Å². The molecule has 0 radical (unpaired) electrons. The number of carbonyl (C=O) groups is 1. The third-order valence-electron chi connectivity index (χ3n) is 8.72. The lowest BCUT2D eigenvalue weighted by molar-refractivity contribution is -0.237. The first-order valence-electron chi connectivity index (χ1n) is 10.4. The zero-order valence-corrected chi connectivity index (χ0v) is 15.7. The van der Waals surface area contributed by atoms with Crippen molar-refractivity contribution in [3.05, 3.63) is 24.8 Å². The van der Waals surface area contributed by atoms with Crippen LogP contribution < -0.4 is 0 Å². The highest BCUT2D eigenvalue weighted by Gasteiger charge is 2.69. The van der Waals surface area contributed by atoms with Gasteiger partial charge in [0.25, 0.3) is 0 Å². The number of carbonyl (C=O) groups excluding carboxylic acids is 1. The molecule has 7 saturated carbocycles. The van der Waals surface area contributed by atoms with E-state index in [0.29, 0.717) is 23.4 Å². The quantitative estimate of drug-likeness (QED) is 0.400. The number of rotatable bonds is 5. The highest BCUT2D eigenvalue weighted by molar-refractivity contribution is 5.82. The van der Waals surface area contributed by atoms with Gasteiger partial charge in [0, 0.05) is 6.08 Å². The lowest BCUT2D eigenvalue weighted by Crippen LogP contribution is -2.67. The highest BCUT2D eigenvalue weighted by Crippen LogP contribution is 2.77. The van der Waals surface area contributed by atoms with Gasteiger partial charge in [0.15, 0.2) is 0 Å². The maximum atomic E-state index is 12.1. The monoisotopic (exact) mass is 340 g/mol.